The number of nitrogens with one attached hydrogen (secondary N) is 2. The van der Waals surface area contributed by atoms with Gasteiger partial charge in [0.05, 0.1) is 17.1 Å². The van der Waals surface area contributed by atoms with Crippen molar-refractivity contribution in [3.05, 3.63) is 59.5 Å². The molecule has 0 saturated heterocycles. The number of pyridine rings is 1. The zero-order valence-corrected chi connectivity index (χ0v) is 15.6. The van der Waals surface area contributed by atoms with E-state index in [9.17, 15) is 4.79 Å². The van der Waals surface area contributed by atoms with Gasteiger partial charge < -0.3 is 10.1 Å². The lowest BCUT2D eigenvalue weighted by molar-refractivity contribution is 0.247. The maximum atomic E-state index is 12.0. The number of aryl methyl sites for hydroxylation is 1. The minimum atomic E-state index is -0.324. The van der Waals surface area contributed by atoms with Gasteiger partial charge in [-0.15, -0.1) is 0 Å². The van der Waals surface area contributed by atoms with Crippen molar-refractivity contribution in [1.82, 2.24) is 15.3 Å². The molecule has 26 heavy (non-hydrogen) atoms. The molecule has 0 saturated carbocycles. The van der Waals surface area contributed by atoms with E-state index in [-0.39, 0.29) is 6.03 Å². The molecular formula is C18H17ClN4O2S. The molecule has 6 nitrogen and oxygen atoms in total. The zero-order valence-electron chi connectivity index (χ0n) is 14.0. The maximum Gasteiger partial charge on any atom is 0.321 e. The molecule has 0 bridgehead atoms. The highest BCUT2D eigenvalue weighted by Gasteiger charge is 2.11. The third-order valence-electron chi connectivity index (χ3n) is 3.41. The first-order valence-corrected chi connectivity index (χ1v) is 9.12. The topological polar surface area (TPSA) is 76.1 Å². The predicted molar refractivity (Wildman–Crippen MR) is 104 cm³/mol. The second kappa shape index (κ2) is 8.64. The third-order valence-corrected chi connectivity index (χ3v) is 4.77. The fraction of sp³-hybridized carbons (Fsp3) is 0.167. The number of benzene rings is 1. The van der Waals surface area contributed by atoms with Crippen LogP contribution in [0, 0.1) is 6.92 Å². The van der Waals surface area contributed by atoms with Gasteiger partial charge in [-0.1, -0.05) is 29.0 Å². The van der Waals surface area contributed by atoms with Crippen molar-refractivity contribution in [2.75, 3.05) is 18.5 Å². The molecule has 0 aliphatic rings. The van der Waals surface area contributed by atoms with Crippen molar-refractivity contribution in [1.29, 1.82) is 0 Å². The highest BCUT2D eigenvalue weighted by atomic mass is 35.5. The van der Waals surface area contributed by atoms with Gasteiger partial charge in [-0.2, -0.15) is 0 Å². The summed E-state index contributed by atoms with van der Waals surface area (Å²) in [4.78, 5) is 21.4. The molecule has 134 valence electrons. The Morgan fingerprint density at radius 2 is 2.08 bits per heavy atom. The van der Waals surface area contributed by atoms with E-state index < -0.39 is 0 Å². The molecule has 0 fully saturated rings. The van der Waals surface area contributed by atoms with Crippen molar-refractivity contribution in [2.24, 2.45) is 0 Å². The Labute approximate surface area is 160 Å². The number of carbonyl (C=O) groups excluding carboxylic acids is 1. The van der Waals surface area contributed by atoms with Crippen molar-refractivity contribution < 1.29 is 9.53 Å². The summed E-state index contributed by atoms with van der Waals surface area (Å²) >= 11 is 7.31. The second-order valence-corrected chi connectivity index (χ2v) is 6.79. The molecular weight excluding hydrogens is 372 g/mol. The van der Waals surface area contributed by atoms with Gasteiger partial charge in [0.25, 0.3) is 0 Å². The molecule has 1 aromatic carbocycles. The minimum Gasteiger partial charge on any atom is -0.492 e. The number of carbonyl (C=O) groups is 1. The number of rotatable bonds is 6. The van der Waals surface area contributed by atoms with E-state index in [0.717, 1.165) is 16.1 Å². The highest BCUT2D eigenvalue weighted by molar-refractivity contribution is 7.19. The number of hydrogen-bond donors (Lipinski definition) is 2. The summed E-state index contributed by atoms with van der Waals surface area (Å²) in [6, 6.07) is 10.6. The number of anilines is 1. The maximum absolute atomic E-state index is 12.0. The number of nitrogens with zero attached hydrogens (tertiary/aromatic N) is 2. The molecule has 0 aliphatic carbocycles. The molecule has 0 aliphatic heterocycles. The van der Waals surface area contributed by atoms with Crippen molar-refractivity contribution >= 4 is 34.1 Å². The van der Waals surface area contributed by atoms with Gasteiger partial charge in [-0.05, 0) is 42.8 Å². The average Bonchev–Trinajstić information content (AvgIpc) is 3.00. The van der Waals surface area contributed by atoms with Gasteiger partial charge in [0.2, 0.25) is 0 Å². The van der Waals surface area contributed by atoms with Crippen molar-refractivity contribution in [2.45, 2.75) is 6.92 Å². The molecule has 2 N–H and O–H groups in total. The predicted octanol–water partition coefficient (Wildman–Crippen LogP) is 4.37. The van der Waals surface area contributed by atoms with E-state index in [2.05, 4.69) is 20.6 Å². The fourth-order valence-electron chi connectivity index (χ4n) is 2.25. The minimum absolute atomic E-state index is 0.324. The summed E-state index contributed by atoms with van der Waals surface area (Å²) in [6.45, 7) is 2.61. The van der Waals surface area contributed by atoms with Gasteiger partial charge >= 0.3 is 6.03 Å². The van der Waals surface area contributed by atoms with E-state index in [4.69, 9.17) is 16.3 Å². The normalized spacial score (nSPS) is 10.4. The number of halogens is 1. The lowest BCUT2D eigenvalue weighted by Crippen LogP contribution is -2.32. The Bertz CT molecular complexity index is 886. The number of amides is 2. The first-order valence-electron chi connectivity index (χ1n) is 7.93. The Morgan fingerprint density at radius 1 is 1.27 bits per heavy atom. The quantitative estimate of drug-likeness (QED) is 0.615. The number of ether oxygens (including phenoxy) is 1. The van der Waals surface area contributed by atoms with Crippen LogP contribution in [0.15, 0.2) is 48.8 Å². The van der Waals surface area contributed by atoms with Gasteiger partial charge in [0.15, 0.2) is 5.13 Å². The van der Waals surface area contributed by atoms with E-state index >= 15 is 0 Å². The van der Waals surface area contributed by atoms with Crippen LogP contribution in [0.1, 0.15) is 5.69 Å². The molecule has 3 aromatic rings. The van der Waals surface area contributed by atoms with Gasteiger partial charge in [-0.3, -0.25) is 10.3 Å². The number of urea groups is 1. The monoisotopic (exact) mass is 388 g/mol. The molecule has 8 heteroatoms. The summed E-state index contributed by atoms with van der Waals surface area (Å²) in [5.41, 5.74) is 1.89. The standard InChI is InChI=1S/C18H17ClN4O2S/c1-12-16(13-5-7-20-8-6-13)26-18(22-12)23-17(24)21-9-10-25-15-4-2-3-14(19)11-15/h2-8,11H,9-10H2,1H3,(H2,21,22,23,24). The first-order chi connectivity index (χ1) is 12.6. The van der Waals surface area contributed by atoms with Crippen LogP contribution in [0.4, 0.5) is 9.93 Å². The summed E-state index contributed by atoms with van der Waals surface area (Å²) in [7, 11) is 0. The molecule has 0 unspecified atom stereocenters. The van der Waals surface area contributed by atoms with Crippen LogP contribution in [0.2, 0.25) is 5.02 Å². The van der Waals surface area contributed by atoms with Crippen LogP contribution in [-0.2, 0) is 0 Å². The molecule has 2 aromatic heterocycles. The lowest BCUT2D eigenvalue weighted by atomic mass is 10.2. The fourth-order valence-corrected chi connectivity index (χ4v) is 3.40. The zero-order chi connectivity index (χ0) is 18.4. The molecule has 2 heterocycles. The van der Waals surface area contributed by atoms with E-state index in [1.54, 1.807) is 24.5 Å². The summed E-state index contributed by atoms with van der Waals surface area (Å²) in [5, 5.41) is 6.63. The number of hydrogen-bond acceptors (Lipinski definition) is 5. The van der Waals surface area contributed by atoms with Gasteiger partial charge in [0.1, 0.15) is 12.4 Å². The molecule has 2 amide bonds. The number of aromatic nitrogens is 2. The lowest BCUT2D eigenvalue weighted by Gasteiger charge is -2.08. The average molecular weight is 389 g/mol. The Hall–Kier alpha value is -2.64. The van der Waals surface area contributed by atoms with E-state index in [1.807, 2.05) is 31.2 Å². The summed E-state index contributed by atoms with van der Waals surface area (Å²) in [5.74, 6) is 0.664. The smallest absolute Gasteiger partial charge is 0.321 e. The third kappa shape index (κ3) is 4.93. The Morgan fingerprint density at radius 3 is 2.85 bits per heavy atom. The summed E-state index contributed by atoms with van der Waals surface area (Å²) in [6.07, 6.45) is 3.46. The van der Waals surface area contributed by atoms with Crippen LogP contribution >= 0.6 is 22.9 Å². The molecule has 0 spiro atoms. The largest absolute Gasteiger partial charge is 0.492 e. The second-order valence-electron chi connectivity index (χ2n) is 5.36. The van der Waals surface area contributed by atoms with E-state index in [0.29, 0.717) is 29.1 Å². The Kier molecular flexibility index (Phi) is 6.04. The molecule has 3 rings (SSSR count). The van der Waals surface area contributed by atoms with Crippen LogP contribution in [0.25, 0.3) is 10.4 Å². The van der Waals surface area contributed by atoms with Crippen LogP contribution < -0.4 is 15.4 Å². The molecule has 0 atom stereocenters. The highest BCUT2D eigenvalue weighted by Crippen LogP contribution is 2.32. The van der Waals surface area contributed by atoms with Gasteiger partial charge in [-0.25, -0.2) is 9.78 Å². The van der Waals surface area contributed by atoms with Gasteiger partial charge in [0, 0.05) is 17.4 Å². The molecule has 0 radical (unpaired) electrons. The van der Waals surface area contributed by atoms with Crippen molar-refractivity contribution in [3.63, 3.8) is 0 Å². The van der Waals surface area contributed by atoms with Crippen molar-refractivity contribution in [3.8, 4) is 16.2 Å². The van der Waals surface area contributed by atoms with Crippen LogP contribution in [0.3, 0.4) is 0 Å². The summed E-state index contributed by atoms with van der Waals surface area (Å²) < 4.78 is 5.52. The van der Waals surface area contributed by atoms with Crippen LogP contribution in [-0.4, -0.2) is 29.2 Å². The van der Waals surface area contributed by atoms with E-state index in [1.165, 1.54) is 11.3 Å². The first kappa shape index (κ1) is 18.2. The Balaban J connectivity index is 1.48. The SMILES string of the molecule is Cc1nc(NC(=O)NCCOc2cccc(Cl)c2)sc1-c1ccncc1. The number of thiazole rings is 1. The van der Waals surface area contributed by atoms with Crippen LogP contribution in [0.5, 0.6) is 5.75 Å².